The highest BCUT2D eigenvalue weighted by Crippen LogP contribution is 2.41. The number of nitrogens with zero attached hydrogens (tertiary/aromatic N) is 2. The molecule has 1 atom stereocenters. The molecular weight excluding hydrogens is 414 g/mol. The molecule has 2 fully saturated rings. The summed E-state index contributed by atoms with van der Waals surface area (Å²) in [7, 11) is -3.50. The van der Waals surface area contributed by atoms with Gasteiger partial charge < -0.3 is 10.1 Å². The first kappa shape index (κ1) is 20.6. The van der Waals surface area contributed by atoms with Crippen LogP contribution >= 0.6 is 0 Å². The van der Waals surface area contributed by atoms with Crippen molar-refractivity contribution < 1.29 is 17.9 Å². The molecule has 7 nitrogen and oxygen atoms in total. The SMILES string of the molecule is O=C(C[C@@H]1COC2(C1)CN(S(=O)(=O)c1ccc3c(c1)CCC3)C2)NCc1ccncc1. The van der Waals surface area contributed by atoms with Gasteiger partial charge in [-0.1, -0.05) is 6.07 Å². The lowest BCUT2D eigenvalue weighted by molar-refractivity contribution is -0.122. The molecule has 2 saturated heterocycles. The first-order valence-electron chi connectivity index (χ1n) is 10.9. The second-order valence-corrected chi connectivity index (χ2v) is 10.9. The first-order chi connectivity index (χ1) is 14.9. The molecule has 0 bridgehead atoms. The summed E-state index contributed by atoms with van der Waals surface area (Å²) < 4.78 is 33.6. The number of hydrogen-bond acceptors (Lipinski definition) is 5. The van der Waals surface area contributed by atoms with Crippen LogP contribution in [0, 0.1) is 5.92 Å². The molecule has 1 aromatic heterocycles. The van der Waals surface area contributed by atoms with Crippen LogP contribution in [0.4, 0.5) is 0 Å². The fourth-order valence-electron chi connectivity index (χ4n) is 4.95. The van der Waals surface area contributed by atoms with Crippen molar-refractivity contribution >= 4 is 15.9 Å². The number of fused-ring (bicyclic) bond motifs is 1. The normalized spacial score (nSPS) is 22.3. The molecule has 1 N–H and O–H groups in total. The third-order valence-corrected chi connectivity index (χ3v) is 8.42. The van der Waals surface area contributed by atoms with Crippen LogP contribution < -0.4 is 5.32 Å². The van der Waals surface area contributed by atoms with E-state index < -0.39 is 15.6 Å². The number of rotatable bonds is 6. The fraction of sp³-hybridized carbons (Fsp3) is 0.478. The molecule has 3 aliphatic rings. The van der Waals surface area contributed by atoms with Gasteiger partial charge in [0.2, 0.25) is 15.9 Å². The second kappa shape index (κ2) is 8.00. The average Bonchev–Trinajstić information content (AvgIpc) is 3.38. The third-order valence-electron chi connectivity index (χ3n) is 6.64. The van der Waals surface area contributed by atoms with Gasteiger partial charge in [0, 0.05) is 38.4 Å². The molecule has 2 aliphatic heterocycles. The van der Waals surface area contributed by atoms with E-state index in [0.717, 1.165) is 30.4 Å². The predicted octanol–water partition coefficient (Wildman–Crippen LogP) is 2.06. The van der Waals surface area contributed by atoms with Crippen LogP contribution in [0.3, 0.4) is 0 Å². The van der Waals surface area contributed by atoms with Crippen LogP contribution in [-0.4, -0.2) is 48.9 Å². The molecule has 0 radical (unpaired) electrons. The Hall–Kier alpha value is -2.29. The van der Waals surface area contributed by atoms with Crippen LogP contribution in [0.2, 0.25) is 0 Å². The molecule has 8 heteroatoms. The van der Waals surface area contributed by atoms with E-state index in [9.17, 15) is 13.2 Å². The number of carbonyl (C=O) groups is 1. The molecule has 1 amide bonds. The van der Waals surface area contributed by atoms with Crippen LogP contribution in [0.25, 0.3) is 0 Å². The summed E-state index contributed by atoms with van der Waals surface area (Å²) in [6.45, 7) is 1.70. The number of pyridine rings is 1. The maximum atomic E-state index is 13.0. The van der Waals surface area contributed by atoms with Crippen LogP contribution in [0.15, 0.2) is 47.6 Å². The Morgan fingerprint density at radius 1 is 1.16 bits per heavy atom. The quantitative estimate of drug-likeness (QED) is 0.741. The van der Waals surface area contributed by atoms with Crippen molar-refractivity contribution in [2.45, 2.75) is 49.1 Å². The molecule has 2 aromatic rings. The van der Waals surface area contributed by atoms with Crippen molar-refractivity contribution in [1.29, 1.82) is 0 Å². The molecule has 31 heavy (non-hydrogen) atoms. The van der Waals surface area contributed by atoms with Gasteiger partial charge in [0.05, 0.1) is 17.1 Å². The largest absolute Gasteiger partial charge is 0.372 e. The molecule has 5 rings (SSSR count). The molecular formula is C23H27N3O4S. The minimum atomic E-state index is -3.50. The molecule has 164 valence electrons. The maximum Gasteiger partial charge on any atom is 0.243 e. The Bertz CT molecular complexity index is 1080. The van der Waals surface area contributed by atoms with E-state index in [1.54, 1.807) is 18.5 Å². The number of sulfonamides is 1. The summed E-state index contributed by atoms with van der Waals surface area (Å²) in [4.78, 5) is 16.7. The Balaban J connectivity index is 1.14. The lowest BCUT2D eigenvalue weighted by atomic mass is 9.87. The molecule has 1 aliphatic carbocycles. The van der Waals surface area contributed by atoms with E-state index in [1.165, 1.54) is 9.87 Å². The van der Waals surface area contributed by atoms with E-state index in [2.05, 4.69) is 10.3 Å². The van der Waals surface area contributed by atoms with E-state index >= 15 is 0 Å². The average molecular weight is 442 g/mol. The Morgan fingerprint density at radius 2 is 1.94 bits per heavy atom. The minimum absolute atomic E-state index is 0.00981. The van der Waals surface area contributed by atoms with E-state index in [0.29, 0.717) is 44.0 Å². The summed E-state index contributed by atoms with van der Waals surface area (Å²) in [5.41, 5.74) is 2.99. The van der Waals surface area contributed by atoms with Crippen molar-refractivity contribution in [1.82, 2.24) is 14.6 Å². The summed E-state index contributed by atoms with van der Waals surface area (Å²) in [6.07, 6.45) is 7.60. The van der Waals surface area contributed by atoms with Gasteiger partial charge in [0.1, 0.15) is 0 Å². The van der Waals surface area contributed by atoms with Gasteiger partial charge in [-0.25, -0.2) is 8.42 Å². The van der Waals surface area contributed by atoms with E-state index in [-0.39, 0.29) is 11.8 Å². The molecule has 1 aromatic carbocycles. The summed E-state index contributed by atoms with van der Waals surface area (Å²) in [6, 6.07) is 9.28. The smallest absolute Gasteiger partial charge is 0.243 e. The number of aromatic nitrogens is 1. The molecule has 0 saturated carbocycles. The summed E-state index contributed by atoms with van der Waals surface area (Å²) in [5.74, 6) is 0.103. The highest BCUT2D eigenvalue weighted by molar-refractivity contribution is 7.89. The topological polar surface area (TPSA) is 88.6 Å². The number of ether oxygens (including phenoxy) is 1. The van der Waals surface area contributed by atoms with E-state index in [1.807, 2.05) is 24.3 Å². The minimum Gasteiger partial charge on any atom is -0.372 e. The third kappa shape index (κ3) is 4.12. The van der Waals surface area contributed by atoms with Gasteiger partial charge in [0.25, 0.3) is 0 Å². The second-order valence-electron chi connectivity index (χ2n) is 8.96. The van der Waals surface area contributed by atoms with Gasteiger partial charge in [-0.3, -0.25) is 9.78 Å². The van der Waals surface area contributed by atoms with Gasteiger partial charge in [0.15, 0.2) is 0 Å². The van der Waals surface area contributed by atoms with E-state index in [4.69, 9.17) is 4.74 Å². The molecule has 1 spiro atoms. The van der Waals surface area contributed by atoms with Crippen molar-refractivity contribution in [3.63, 3.8) is 0 Å². The number of nitrogens with one attached hydrogen (secondary N) is 1. The highest BCUT2D eigenvalue weighted by atomic mass is 32.2. The van der Waals surface area contributed by atoms with Crippen molar-refractivity contribution in [3.05, 3.63) is 59.4 Å². The molecule has 3 heterocycles. The Morgan fingerprint density at radius 3 is 2.74 bits per heavy atom. The van der Waals surface area contributed by atoms with Crippen molar-refractivity contribution in [3.8, 4) is 0 Å². The van der Waals surface area contributed by atoms with Gasteiger partial charge >= 0.3 is 0 Å². The fourth-order valence-corrected chi connectivity index (χ4v) is 6.59. The standard InChI is InChI=1S/C23H27N3O4S/c27-22(25-13-17-6-8-24-9-7-17)10-18-12-23(30-14-18)15-26(16-23)31(28,29)21-5-4-19-2-1-3-20(19)11-21/h4-9,11,18H,1-3,10,12-16H2,(H,25,27)/t18-/m0/s1. The Kier molecular flexibility index (Phi) is 5.32. The number of hydrogen-bond donors (Lipinski definition) is 1. The van der Waals surface area contributed by atoms with Gasteiger partial charge in [-0.2, -0.15) is 4.31 Å². The zero-order chi connectivity index (χ0) is 21.5. The first-order valence-corrected chi connectivity index (χ1v) is 12.3. The number of amides is 1. The van der Waals surface area contributed by atoms with Gasteiger partial charge in [-0.05, 0) is 72.6 Å². The number of aryl methyl sites for hydroxylation is 2. The van der Waals surface area contributed by atoms with Crippen molar-refractivity contribution in [2.24, 2.45) is 5.92 Å². The van der Waals surface area contributed by atoms with Crippen LogP contribution in [0.1, 0.15) is 36.0 Å². The monoisotopic (exact) mass is 441 g/mol. The number of carbonyl (C=O) groups excluding carboxylic acids is 1. The number of benzene rings is 1. The Labute approximate surface area is 182 Å². The lowest BCUT2D eigenvalue weighted by Gasteiger charge is -2.46. The molecule has 0 unspecified atom stereocenters. The summed E-state index contributed by atoms with van der Waals surface area (Å²) >= 11 is 0. The van der Waals surface area contributed by atoms with Crippen LogP contribution in [0.5, 0.6) is 0 Å². The van der Waals surface area contributed by atoms with Gasteiger partial charge in [-0.15, -0.1) is 0 Å². The zero-order valence-corrected chi connectivity index (χ0v) is 18.2. The lowest BCUT2D eigenvalue weighted by Crippen LogP contribution is -2.63. The maximum absolute atomic E-state index is 13.0. The zero-order valence-electron chi connectivity index (χ0n) is 17.4. The highest BCUT2D eigenvalue weighted by Gasteiger charge is 2.53. The predicted molar refractivity (Wildman–Crippen MR) is 115 cm³/mol. The van der Waals surface area contributed by atoms with Crippen molar-refractivity contribution in [2.75, 3.05) is 19.7 Å². The van der Waals surface area contributed by atoms with Crippen LogP contribution in [-0.2, 0) is 38.9 Å². The summed E-state index contributed by atoms with van der Waals surface area (Å²) in [5, 5.41) is 2.94.